The quantitative estimate of drug-likeness (QED) is 0.144. The molecule has 1 aromatic heterocycles. The van der Waals surface area contributed by atoms with Crippen LogP contribution in [-0.4, -0.2) is 31.4 Å². The molecule has 5 rings (SSSR count). The van der Waals surface area contributed by atoms with Gasteiger partial charge in [0.2, 0.25) is 0 Å². The molecule has 10 heteroatoms. The third kappa shape index (κ3) is 6.61. The van der Waals surface area contributed by atoms with Crippen molar-refractivity contribution in [1.29, 1.82) is 0 Å². The Hall–Kier alpha value is -3.90. The van der Waals surface area contributed by atoms with Crippen molar-refractivity contribution in [3.8, 4) is 17.2 Å². The van der Waals surface area contributed by atoms with Gasteiger partial charge in [-0.15, -0.1) is 0 Å². The lowest BCUT2D eigenvalue weighted by atomic mass is 9.94. The van der Waals surface area contributed by atoms with Crippen LogP contribution in [0.15, 0.2) is 87.8 Å². The molecule has 1 atom stereocenters. The Morgan fingerprint density at radius 1 is 1.05 bits per heavy atom. The number of hydrogen-bond acceptors (Lipinski definition) is 8. The number of nitrogens with zero attached hydrogens (tertiary/aromatic N) is 2. The smallest absolute Gasteiger partial charge is 0.338 e. The summed E-state index contributed by atoms with van der Waals surface area (Å²) in [5, 5.41) is 0. The van der Waals surface area contributed by atoms with E-state index in [1.807, 2.05) is 79.7 Å². The second-order valence-corrected chi connectivity index (χ2v) is 12.2. The Balaban J connectivity index is 1.63. The topological polar surface area (TPSA) is 88.4 Å². The number of thiazole rings is 1. The van der Waals surface area contributed by atoms with E-state index in [9.17, 15) is 9.59 Å². The predicted molar refractivity (Wildman–Crippen MR) is 179 cm³/mol. The number of carbonyl (C=O) groups excluding carboxylic acids is 1. The van der Waals surface area contributed by atoms with Crippen LogP contribution in [0.3, 0.4) is 0 Å². The predicted octanol–water partition coefficient (Wildman–Crippen LogP) is 5.78. The number of hydrogen-bond donors (Lipinski definition) is 0. The Bertz CT molecular complexity index is 1880. The highest BCUT2D eigenvalue weighted by Crippen LogP contribution is 2.36. The molecule has 8 nitrogen and oxygen atoms in total. The summed E-state index contributed by atoms with van der Waals surface area (Å²) >= 11 is 3.51. The van der Waals surface area contributed by atoms with E-state index in [-0.39, 0.29) is 12.2 Å². The van der Waals surface area contributed by atoms with Crippen molar-refractivity contribution in [1.82, 2.24) is 4.57 Å². The van der Waals surface area contributed by atoms with E-state index in [0.717, 1.165) is 26.7 Å². The number of ether oxygens (including phenoxy) is 4. The van der Waals surface area contributed by atoms with E-state index < -0.39 is 12.0 Å². The van der Waals surface area contributed by atoms with Crippen molar-refractivity contribution in [2.45, 2.75) is 39.3 Å². The first-order chi connectivity index (χ1) is 21.4. The van der Waals surface area contributed by atoms with Gasteiger partial charge in [-0.05, 0) is 83.0 Å². The average molecular weight is 725 g/mol. The summed E-state index contributed by atoms with van der Waals surface area (Å²) in [6, 6.07) is 20.4. The first kappa shape index (κ1) is 31.5. The number of halogens is 1. The van der Waals surface area contributed by atoms with E-state index in [2.05, 4.69) is 22.6 Å². The highest BCUT2D eigenvalue weighted by Gasteiger charge is 2.34. The molecule has 2 heterocycles. The van der Waals surface area contributed by atoms with Crippen molar-refractivity contribution in [2.24, 2.45) is 4.99 Å². The molecular weight excluding hydrogens is 691 g/mol. The molecule has 3 aromatic carbocycles. The Morgan fingerprint density at radius 3 is 2.55 bits per heavy atom. The molecule has 0 saturated carbocycles. The SMILES string of the molecule is CCCC1=C(C(=O)OCC)C(c2cccc(OC)c2)n2c(s/c(=C\c3cc(I)c(OCc4ccccc4)c(OC)c3)c2=O)=N1. The van der Waals surface area contributed by atoms with Crippen molar-refractivity contribution in [3.63, 3.8) is 0 Å². The van der Waals surface area contributed by atoms with Gasteiger partial charge in [-0.2, -0.15) is 0 Å². The normalized spacial score (nSPS) is 14.6. The van der Waals surface area contributed by atoms with Crippen molar-refractivity contribution in [2.75, 3.05) is 20.8 Å². The lowest BCUT2D eigenvalue weighted by Gasteiger charge is -2.26. The van der Waals surface area contributed by atoms with E-state index in [4.69, 9.17) is 23.9 Å². The van der Waals surface area contributed by atoms with E-state index >= 15 is 0 Å². The minimum atomic E-state index is -0.715. The van der Waals surface area contributed by atoms with Crippen LogP contribution in [0.1, 0.15) is 49.4 Å². The van der Waals surface area contributed by atoms with Crippen LogP contribution < -0.4 is 29.1 Å². The summed E-state index contributed by atoms with van der Waals surface area (Å²) < 4.78 is 25.7. The maximum atomic E-state index is 14.1. The third-order valence-electron chi connectivity index (χ3n) is 7.08. The summed E-state index contributed by atoms with van der Waals surface area (Å²) in [5.74, 6) is 1.35. The Kier molecular flexibility index (Phi) is 10.2. The Morgan fingerprint density at radius 2 is 1.84 bits per heavy atom. The van der Waals surface area contributed by atoms with Crippen LogP contribution in [0, 0.1) is 3.57 Å². The summed E-state index contributed by atoms with van der Waals surface area (Å²) in [7, 11) is 3.18. The first-order valence-corrected chi connectivity index (χ1v) is 16.2. The summed E-state index contributed by atoms with van der Waals surface area (Å²) in [6.45, 7) is 4.41. The highest BCUT2D eigenvalue weighted by atomic mass is 127. The van der Waals surface area contributed by atoms with E-state index in [1.54, 1.807) is 25.7 Å². The van der Waals surface area contributed by atoms with E-state index in [1.165, 1.54) is 11.3 Å². The molecule has 0 radical (unpaired) electrons. The fourth-order valence-electron chi connectivity index (χ4n) is 5.09. The van der Waals surface area contributed by atoms with E-state index in [0.29, 0.717) is 50.9 Å². The maximum Gasteiger partial charge on any atom is 0.338 e. The van der Waals surface area contributed by atoms with Crippen molar-refractivity contribution in [3.05, 3.63) is 118 Å². The van der Waals surface area contributed by atoms with Gasteiger partial charge in [0.25, 0.3) is 5.56 Å². The van der Waals surface area contributed by atoms with Crippen LogP contribution in [0.4, 0.5) is 0 Å². The molecular formula is C34H33IN2O6S. The first-order valence-electron chi connectivity index (χ1n) is 14.3. The van der Waals surface area contributed by atoms with Gasteiger partial charge in [-0.25, -0.2) is 9.79 Å². The van der Waals surface area contributed by atoms with Gasteiger partial charge in [0.05, 0.1) is 46.2 Å². The van der Waals surface area contributed by atoms with Crippen LogP contribution in [0.2, 0.25) is 0 Å². The molecule has 0 spiro atoms. The highest BCUT2D eigenvalue weighted by molar-refractivity contribution is 14.1. The molecule has 0 bridgehead atoms. The number of carbonyl (C=O) groups is 1. The number of allylic oxidation sites excluding steroid dienone is 1. The minimum absolute atomic E-state index is 0.211. The third-order valence-corrected chi connectivity index (χ3v) is 8.86. The zero-order valence-corrected chi connectivity index (χ0v) is 27.9. The van der Waals surface area contributed by atoms with Gasteiger partial charge < -0.3 is 18.9 Å². The van der Waals surface area contributed by atoms with Crippen LogP contribution in [0.5, 0.6) is 17.2 Å². The Labute approximate surface area is 273 Å². The molecule has 0 N–H and O–H groups in total. The molecule has 44 heavy (non-hydrogen) atoms. The summed E-state index contributed by atoms with van der Waals surface area (Å²) in [5.41, 5.74) is 3.31. The maximum absolute atomic E-state index is 14.1. The molecule has 1 aliphatic heterocycles. The fraction of sp³-hybridized carbons (Fsp3) is 0.265. The largest absolute Gasteiger partial charge is 0.497 e. The zero-order valence-electron chi connectivity index (χ0n) is 25.0. The number of aromatic nitrogens is 1. The standard InChI is InChI=1S/C34H33IN2O6S/c1-5-11-26-29(33(39)42-6-2)30(23-14-10-15-24(19-23)40-3)37-32(38)28(44-34(37)36-26)18-22-16-25(35)31(27(17-22)41-4)43-20-21-12-8-7-9-13-21/h7-10,12-19,30H,5-6,11,20H2,1-4H3/b28-18-. The second kappa shape index (κ2) is 14.3. The van der Waals surface area contributed by atoms with Crippen LogP contribution in [-0.2, 0) is 16.1 Å². The molecule has 0 fully saturated rings. The summed E-state index contributed by atoms with van der Waals surface area (Å²) in [4.78, 5) is 32.9. The summed E-state index contributed by atoms with van der Waals surface area (Å²) in [6.07, 6.45) is 3.17. The van der Waals surface area contributed by atoms with Crippen molar-refractivity contribution >= 4 is 46.0 Å². The zero-order chi connectivity index (χ0) is 31.2. The number of methoxy groups -OCH3 is 2. The van der Waals surface area contributed by atoms with Gasteiger partial charge >= 0.3 is 5.97 Å². The van der Waals surface area contributed by atoms with Crippen LogP contribution >= 0.6 is 33.9 Å². The number of fused-ring (bicyclic) bond motifs is 1. The van der Waals surface area contributed by atoms with Crippen molar-refractivity contribution < 1.29 is 23.7 Å². The average Bonchev–Trinajstić information content (AvgIpc) is 3.34. The van der Waals surface area contributed by atoms with Gasteiger partial charge in [-0.1, -0.05) is 67.1 Å². The monoisotopic (exact) mass is 724 g/mol. The van der Waals surface area contributed by atoms with Gasteiger partial charge in [-0.3, -0.25) is 9.36 Å². The minimum Gasteiger partial charge on any atom is -0.497 e. The molecule has 1 aliphatic rings. The number of esters is 1. The number of rotatable bonds is 11. The molecule has 4 aromatic rings. The van der Waals surface area contributed by atoms with Gasteiger partial charge in [0, 0.05) is 0 Å². The lowest BCUT2D eigenvalue weighted by Crippen LogP contribution is -2.40. The van der Waals surface area contributed by atoms with Gasteiger partial charge in [0.1, 0.15) is 12.4 Å². The molecule has 0 amide bonds. The van der Waals surface area contributed by atoms with Gasteiger partial charge in [0.15, 0.2) is 16.3 Å². The fourth-order valence-corrected chi connectivity index (χ4v) is 6.89. The number of benzene rings is 3. The lowest BCUT2D eigenvalue weighted by molar-refractivity contribution is -0.139. The van der Waals surface area contributed by atoms with Crippen LogP contribution in [0.25, 0.3) is 6.08 Å². The molecule has 0 aliphatic carbocycles. The second-order valence-electron chi connectivity index (χ2n) is 10.00. The molecule has 0 saturated heterocycles. The molecule has 1 unspecified atom stereocenters. The molecule has 228 valence electrons.